The van der Waals surface area contributed by atoms with Crippen LogP contribution in [0.15, 0.2) is 30.8 Å². The maximum atomic E-state index is 11.9. The van der Waals surface area contributed by atoms with Crippen LogP contribution in [-0.2, 0) is 14.3 Å². The topological polar surface area (TPSA) is 59.6 Å². The fourth-order valence-corrected chi connectivity index (χ4v) is 5.11. The van der Waals surface area contributed by atoms with Crippen molar-refractivity contribution in [3.05, 3.63) is 42.0 Å². The van der Waals surface area contributed by atoms with Gasteiger partial charge in [0, 0.05) is 0 Å². The fraction of sp³-hybridized carbons (Fsp3) is 0.609. The van der Waals surface area contributed by atoms with E-state index in [1.54, 1.807) is 0 Å². The lowest BCUT2D eigenvalue weighted by Crippen LogP contribution is -2.70. The van der Waals surface area contributed by atoms with Crippen molar-refractivity contribution in [2.45, 2.75) is 62.1 Å². The second-order valence-corrected chi connectivity index (χ2v) is 8.45. The molecule has 0 unspecified atom stereocenters. The third-order valence-electron chi connectivity index (χ3n) is 6.67. The predicted molar refractivity (Wildman–Crippen MR) is 110 cm³/mol. The van der Waals surface area contributed by atoms with Gasteiger partial charge in [0.1, 0.15) is 6.61 Å². The molecular weight excluding hydrogens is 352 g/mol. The van der Waals surface area contributed by atoms with Crippen LogP contribution in [0.4, 0.5) is 0 Å². The molecule has 2 saturated heterocycles. The van der Waals surface area contributed by atoms with Crippen LogP contribution in [0.5, 0.6) is 0 Å². The Morgan fingerprint density at radius 2 is 2.07 bits per heavy atom. The van der Waals surface area contributed by atoms with E-state index in [2.05, 4.69) is 41.5 Å². The first kappa shape index (κ1) is 19.6. The lowest BCUT2D eigenvalue weighted by molar-refractivity contribution is -0.139. The number of carbonyl (C=O) groups excluding carboxylic acids is 1. The SMILES string of the molecule is C=Cc1ccccc1C1CCC(OC[C@@H]2NCCC[C@@]23COCC(=O)N3)CC1. The number of rotatable bonds is 5. The average Bonchev–Trinajstić information content (AvgIpc) is 2.73. The molecule has 1 saturated carbocycles. The number of amides is 1. The summed E-state index contributed by atoms with van der Waals surface area (Å²) in [5, 5.41) is 6.75. The minimum absolute atomic E-state index is 0.0126. The van der Waals surface area contributed by atoms with E-state index in [1.165, 1.54) is 11.1 Å². The Kier molecular flexibility index (Phi) is 6.14. The highest BCUT2D eigenvalue weighted by Gasteiger charge is 2.44. The first-order valence-electron chi connectivity index (χ1n) is 10.7. The molecule has 5 nitrogen and oxygen atoms in total. The van der Waals surface area contributed by atoms with E-state index < -0.39 is 0 Å². The van der Waals surface area contributed by atoms with Crippen molar-refractivity contribution in [3.63, 3.8) is 0 Å². The highest BCUT2D eigenvalue weighted by atomic mass is 16.5. The quantitative estimate of drug-likeness (QED) is 0.819. The standard InChI is InChI=1S/C23H32N2O3/c1-2-17-6-3-4-7-20(17)18-8-10-19(11-9-18)28-14-21-23(12-5-13-24-21)16-27-15-22(26)25-23/h2-4,6-7,18-19,21,24H,1,5,8-16H2,(H,25,26)/t18?,19?,21-,23+/m0/s1. The van der Waals surface area contributed by atoms with E-state index >= 15 is 0 Å². The van der Waals surface area contributed by atoms with Crippen molar-refractivity contribution < 1.29 is 14.3 Å². The first-order valence-corrected chi connectivity index (χ1v) is 10.7. The van der Waals surface area contributed by atoms with Crippen molar-refractivity contribution in [3.8, 4) is 0 Å². The van der Waals surface area contributed by atoms with Crippen molar-refractivity contribution >= 4 is 12.0 Å². The van der Waals surface area contributed by atoms with Crippen LogP contribution in [0.25, 0.3) is 6.08 Å². The van der Waals surface area contributed by atoms with Gasteiger partial charge in [-0.25, -0.2) is 0 Å². The Balaban J connectivity index is 1.31. The van der Waals surface area contributed by atoms with Crippen LogP contribution in [0.3, 0.4) is 0 Å². The van der Waals surface area contributed by atoms with E-state index in [0.29, 0.717) is 25.2 Å². The molecule has 0 aromatic heterocycles. The zero-order valence-electron chi connectivity index (χ0n) is 16.6. The number of carbonyl (C=O) groups is 1. The minimum atomic E-state index is -0.312. The van der Waals surface area contributed by atoms with Crippen molar-refractivity contribution in [2.24, 2.45) is 0 Å². The summed E-state index contributed by atoms with van der Waals surface area (Å²) in [6.07, 6.45) is 8.73. The zero-order chi connectivity index (χ0) is 19.4. The molecule has 3 fully saturated rings. The summed E-state index contributed by atoms with van der Waals surface area (Å²) in [6, 6.07) is 8.71. The molecule has 0 radical (unpaired) electrons. The molecule has 1 aliphatic carbocycles. The molecule has 4 rings (SSSR count). The number of hydrogen-bond acceptors (Lipinski definition) is 4. The lowest BCUT2D eigenvalue weighted by atomic mass is 9.80. The number of piperidine rings is 1. The van der Waals surface area contributed by atoms with E-state index in [-0.39, 0.29) is 24.1 Å². The van der Waals surface area contributed by atoms with Crippen LogP contribution >= 0.6 is 0 Å². The van der Waals surface area contributed by atoms with Gasteiger partial charge in [-0.05, 0) is 62.1 Å². The highest BCUT2D eigenvalue weighted by molar-refractivity contribution is 5.79. The highest BCUT2D eigenvalue weighted by Crippen LogP contribution is 2.36. The predicted octanol–water partition coefficient (Wildman–Crippen LogP) is 3.01. The van der Waals surface area contributed by atoms with Gasteiger partial charge in [-0.2, -0.15) is 0 Å². The normalized spacial score (nSPS) is 33.4. The second-order valence-electron chi connectivity index (χ2n) is 8.45. The van der Waals surface area contributed by atoms with Gasteiger partial charge in [-0.1, -0.05) is 36.9 Å². The van der Waals surface area contributed by atoms with E-state index in [1.807, 2.05) is 6.08 Å². The molecule has 3 aliphatic rings. The van der Waals surface area contributed by atoms with E-state index in [4.69, 9.17) is 9.47 Å². The van der Waals surface area contributed by atoms with Gasteiger partial charge < -0.3 is 20.1 Å². The number of benzene rings is 1. The summed E-state index contributed by atoms with van der Waals surface area (Å²) < 4.78 is 11.9. The van der Waals surface area contributed by atoms with Gasteiger partial charge >= 0.3 is 0 Å². The van der Waals surface area contributed by atoms with Crippen LogP contribution in [0, 0.1) is 0 Å². The third kappa shape index (κ3) is 4.17. The molecule has 2 atom stereocenters. The molecule has 1 aromatic rings. The van der Waals surface area contributed by atoms with Gasteiger partial charge in [0.25, 0.3) is 0 Å². The van der Waals surface area contributed by atoms with E-state index in [9.17, 15) is 4.79 Å². The molecule has 152 valence electrons. The van der Waals surface area contributed by atoms with Crippen LogP contribution in [-0.4, -0.2) is 50.0 Å². The molecule has 2 aliphatic heterocycles. The van der Waals surface area contributed by atoms with E-state index in [0.717, 1.165) is 45.1 Å². The Morgan fingerprint density at radius 1 is 1.25 bits per heavy atom. The Hall–Kier alpha value is -1.69. The Labute approximate surface area is 167 Å². The maximum absolute atomic E-state index is 11.9. The molecular formula is C23H32N2O3. The van der Waals surface area contributed by atoms with Crippen molar-refractivity contribution in [1.82, 2.24) is 10.6 Å². The lowest BCUT2D eigenvalue weighted by Gasteiger charge is -2.47. The zero-order valence-corrected chi connectivity index (χ0v) is 16.6. The fourth-order valence-electron chi connectivity index (χ4n) is 5.11. The Bertz CT molecular complexity index is 695. The summed E-state index contributed by atoms with van der Waals surface area (Å²) in [5.74, 6) is 0.584. The molecule has 1 amide bonds. The summed E-state index contributed by atoms with van der Waals surface area (Å²) in [5.41, 5.74) is 2.37. The molecule has 1 spiro atoms. The Morgan fingerprint density at radius 3 is 2.86 bits per heavy atom. The molecule has 5 heteroatoms. The number of nitrogens with one attached hydrogen (secondary N) is 2. The maximum Gasteiger partial charge on any atom is 0.246 e. The molecule has 2 heterocycles. The number of morpholine rings is 1. The average molecular weight is 385 g/mol. The van der Waals surface area contributed by atoms with Crippen LogP contribution < -0.4 is 10.6 Å². The number of ether oxygens (including phenoxy) is 2. The number of hydrogen-bond donors (Lipinski definition) is 2. The van der Waals surface area contributed by atoms with Crippen molar-refractivity contribution in [2.75, 3.05) is 26.4 Å². The van der Waals surface area contributed by atoms with Crippen molar-refractivity contribution in [1.29, 1.82) is 0 Å². The molecule has 28 heavy (non-hydrogen) atoms. The summed E-state index contributed by atoms with van der Waals surface area (Å²) in [4.78, 5) is 11.9. The van der Waals surface area contributed by atoms with Gasteiger partial charge in [0.05, 0.1) is 30.9 Å². The molecule has 1 aromatic carbocycles. The minimum Gasteiger partial charge on any atom is -0.377 e. The van der Waals surface area contributed by atoms with Gasteiger partial charge in [0.2, 0.25) is 5.91 Å². The largest absolute Gasteiger partial charge is 0.377 e. The van der Waals surface area contributed by atoms with Gasteiger partial charge in [0.15, 0.2) is 0 Å². The second kappa shape index (κ2) is 8.76. The van der Waals surface area contributed by atoms with Crippen LogP contribution in [0.1, 0.15) is 55.6 Å². The third-order valence-corrected chi connectivity index (χ3v) is 6.67. The smallest absolute Gasteiger partial charge is 0.246 e. The molecule has 2 N–H and O–H groups in total. The molecule has 0 bridgehead atoms. The van der Waals surface area contributed by atoms with Crippen LogP contribution in [0.2, 0.25) is 0 Å². The summed E-state index contributed by atoms with van der Waals surface area (Å²) in [6.45, 7) is 6.30. The van der Waals surface area contributed by atoms with Gasteiger partial charge in [-0.3, -0.25) is 4.79 Å². The summed E-state index contributed by atoms with van der Waals surface area (Å²) in [7, 11) is 0. The summed E-state index contributed by atoms with van der Waals surface area (Å²) >= 11 is 0. The monoisotopic (exact) mass is 384 g/mol. The van der Waals surface area contributed by atoms with Gasteiger partial charge in [-0.15, -0.1) is 0 Å². The first-order chi connectivity index (χ1) is 13.7.